The van der Waals surface area contributed by atoms with Crippen molar-refractivity contribution in [2.45, 2.75) is 57.4 Å². The summed E-state index contributed by atoms with van der Waals surface area (Å²) >= 11 is 0. The summed E-state index contributed by atoms with van der Waals surface area (Å²) in [5, 5.41) is 4.89. The van der Waals surface area contributed by atoms with E-state index in [1.807, 2.05) is 32.9 Å². The molecule has 2 amide bonds. The zero-order valence-corrected chi connectivity index (χ0v) is 20.0. The molecule has 33 heavy (non-hydrogen) atoms. The summed E-state index contributed by atoms with van der Waals surface area (Å²) < 4.78 is 41.8. The summed E-state index contributed by atoms with van der Waals surface area (Å²) in [6.45, 7) is 6.13. The Morgan fingerprint density at radius 3 is 2.42 bits per heavy atom. The molecule has 0 spiro atoms. The molecule has 0 saturated carbocycles. The van der Waals surface area contributed by atoms with E-state index in [9.17, 15) is 22.4 Å². The summed E-state index contributed by atoms with van der Waals surface area (Å²) in [6, 6.07) is 8.74. The quantitative estimate of drug-likeness (QED) is 0.626. The summed E-state index contributed by atoms with van der Waals surface area (Å²) in [5.74, 6) is -2.28. The van der Waals surface area contributed by atoms with Crippen molar-refractivity contribution in [3.8, 4) is 0 Å². The van der Waals surface area contributed by atoms with Crippen LogP contribution in [0.15, 0.2) is 41.3 Å². The van der Waals surface area contributed by atoms with Gasteiger partial charge in [-0.3, -0.25) is 9.59 Å². The van der Waals surface area contributed by atoms with Gasteiger partial charge in [-0.25, -0.2) is 12.8 Å². The lowest BCUT2D eigenvalue weighted by Gasteiger charge is -2.35. The fraction of sp³-hybridized carbons (Fsp3) is 0.417. The van der Waals surface area contributed by atoms with E-state index in [1.165, 1.54) is 18.2 Å². The number of aryl methyl sites for hydroxylation is 3. The van der Waals surface area contributed by atoms with E-state index in [0.29, 0.717) is 24.3 Å². The van der Waals surface area contributed by atoms with Gasteiger partial charge in [-0.05, 0) is 69.4 Å². The smallest absolute Gasteiger partial charge is 0.313 e. The van der Waals surface area contributed by atoms with Gasteiger partial charge in [0.25, 0.3) is 0 Å². The Balaban J connectivity index is 1.64. The van der Waals surface area contributed by atoms with Gasteiger partial charge in [0.1, 0.15) is 5.82 Å². The van der Waals surface area contributed by atoms with E-state index in [0.717, 1.165) is 35.6 Å². The van der Waals surface area contributed by atoms with E-state index >= 15 is 0 Å². The van der Waals surface area contributed by atoms with E-state index in [2.05, 4.69) is 10.6 Å². The molecule has 3 rings (SSSR count). The number of hydrogen-bond acceptors (Lipinski definition) is 4. The van der Waals surface area contributed by atoms with Crippen LogP contribution in [0, 0.1) is 26.6 Å². The standard InChI is InChI=1S/C24H30FN3O4S/c1-16-13-17(2)22(18(3)14-16)33(31,32)28-12-5-4-9-21(28)10-11-26-23(29)24(30)27-20-8-6-7-19(25)15-20/h6-8,13-15,21H,4-5,9-12H2,1-3H3,(H,26,29)(H,27,30)/t21-/m0/s1. The number of sulfonamides is 1. The monoisotopic (exact) mass is 475 g/mol. The van der Waals surface area contributed by atoms with Crippen LogP contribution in [-0.2, 0) is 19.6 Å². The summed E-state index contributed by atoms with van der Waals surface area (Å²) in [6.07, 6.45) is 2.76. The molecule has 1 saturated heterocycles. The third-order valence-electron chi connectivity index (χ3n) is 5.80. The van der Waals surface area contributed by atoms with Gasteiger partial charge in [0, 0.05) is 24.8 Å². The minimum atomic E-state index is -3.70. The Morgan fingerprint density at radius 2 is 1.76 bits per heavy atom. The van der Waals surface area contributed by atoms with Gasteiger partial charge in [-0.15, -0.1) is 0 Å². The molecular formula is C24H30FN3O4S. The maximum atomic E-state index is 13.5. The van der Waals surface area contributed by atoms with Crippen LogP contribution in [0.25, 0.3) is 0 Å². The van der Waals surface area contributed by atoms with Crippen LogP contribution in [0.5, 0.6) is 0 Å². The molecule has 1 aliphatic heterocycles. The van der Waals surface area contributed by atoms with Gasteiger partial charge < -0.3 is 10.6 Å². The van der Waals surface area contributed by atoms with Crippen LogP contribution >= 0.6 is 0 Å². The number of anilines is 1. The second kappa shape index (κ2) is 10.4. The highest BCUT2D eigenvalue weighted by Crippen LogP contribution is 2.31. The first-order chi connectivity index (χ1) is 15.6. The van der Waals surface area contributed by atoms with Gasteiger partial charge in [-0.2, -0.15) is 4.31 Å². The van der Waals surface area contributed by atoms with Crippen LogP contribution in [0.3, 0.4) is 0 Å². The van der Waals surface area contributed by atoms with Crippen molar-refractivity contribution in [1.29, 1.82) is 0 Å². The van der Waals surface area contributed by atoms with Crippen LogP contribution < -0.4 is 10.6 Å². The predicted octanol–water partition coefficient (Wildman–Crippen LogP) is 3.44. The molecule has 2 N–H and O–H groups in total. The highest BCUT2D eigenvalue weighted by Gasteiger charge is 2.35. The molecule has 178 valence electrons. The molecule has 1 fully saturated rings. The van der Waals surface area contributed by atoms with Crippen molar-refractivity contribution in [3.05, 3.63) is 58.9 Å². The molecule has 9 heteroatoms. The maximum absolute atomic E-state index is 13.5. The van der Waals surface area contributed by atoms with E-state index in [-0.39, 0.29) is 18.3 Å². The Bertz CT molecular complexity index is 1130. The zero-order valence-electron chi connectivity index (χ0n) is 19.2. The number of carbonyl (C=O) groups is 2. The molecule has 1 aliphatic rings. The number of piperidine rings is 1. The van der Waals surface area contributed by atoms with Crippen molar-refractivity contribution in [2.24, 2.45) is 0 Å². The number of halogens is 1. The average Bonchev–Trinajstić information content (AvgIpc) is 2.73. The average molecular weight is 476 g/mol. The van der Waals surface area contributed by atoms with Gasteiger partial charge >= 0.3 is 11.8 Å². The van der Waals surface area contributed by atoms with Gasteiger partial charge in [-0.1, -0.05) is 30.2 Å². The van der Waals surface area contributed by atoms with Crippen LogP contribution in [0.2, 0.25) is 0 Å². The highest BCUT2D eigenvalue weighted by atomic mass is 32.2. The minimum absolute atomic E-state index is 0.151. The Hall–Kier alpha value is -2.78. The number of amides is 2. The topological polar surface area (TPSA) is 95.6 Å². The third-order valence-corrected chi connectivity index (χ3v) is 8.05. The van der Waals surface area contributed by atoms with Crippen molar-refractivity contribution in [1.82, 2.24) is 9.62 Å². The molecule has 0 radical (unpaired) electrons. The summed E-state index contributed by atoms with van der Waals surface area (Å²) in [4.78, 5) is 24.6. The highest BCUT2D eigenvalue weighted by molar-refractivity contribution is 7.89. The molecular weight excluding hydrogens is 445 g/mol. The fourth-order valence-corrected chi connectivity index (χ4v) is 6.60. The number of nitrogens with one attached hydrogen (secondary N) is 2. The molecule has 0 aromatic heterocycles. The predicted molar refractivity (Wildman–Crippen MR) is 125 cm³/mol. The largest absolute Gasteiger partial charge is 0.348 e. The van der Waals surface area contributed by atoms with Crippen LogP contribution in [0.1, 0.15) is 42.4 Å². The lowest BCUT2D eigenvalue weighted by atomic mass is 10.0. The first-order valence-electron chi connectivity index (χ1n) is 11.0. The molecule has 2 aromatic rings. The first kappa shape index (κ1) is 24.9. The Morgan fingerprint density at radius 1 is 1.06 bits per heavy atom. The number of rotatable bonds is 6. The first-order valence-corrected chi connectivity index (χ1v) is 12.5. The van der Waals surface area contributed by atoms with Gasteiger partial charge in [0.2, 0.25) is 10.0 Å². The number of benzene rings is 2. The number of carbonyl (C=O) groups excluding carboxylic acids is 2. The molecule has 1 atom stereocenters. The molecule has 7 nitrogen and oxygen atoms in total. The van der Waals surface area contributed by atoms with Crippen LogP contribution in [0.4, 0.5) is 10.1 Å². The second-order valence-electron chi connectivity index (χ2n) is 8.50. The van der Waals surface area contributed by atoms with Crippen molar-refractivity contribution in [3.63, 3.8) is 0 Å². The van der Waals surface area contributed by atoms with Crippen molar-refractivity contribution < 1.29 is 22.4 Å². The molecule has 1 heterocycles. The Labute approximate surface area is 194 Å². The van der Waals surface area contributed by atoms with E-state index in [1.54, 1.807) is 4.31 Å². The minimum Gasteiger partial charge on any atom is -0.348 e. The lowest BCUT2D eigenvalue weighted by Crippen LogP contribution is -2.46. The Kier molecular flexibility index (Phi) is 7.86. The summed E-state index contributed by atoms with van der Waals surface area (Å²) in [7, 11) is -3.70. The summed E-state index contributed by atoms with van der Waals surface area (Å²) in [5.41, 5.74) is 2.64. The lowest BCUT2D eigenvalue weighted by molar-refractivity contribution is -0.136. The third kappa shape index (κ3) is 5.97. The number of hydrogen-bond donors (Lipinski definition) is 2. The fourth-order valence-electron chi connectivity index (χ4n) is 4.46. The number of nitrogens with zero attached hydrogens (tertiary/aromatic N) is 1. The zero-order chi connectivity index (χ0) is 24.2. The second-order valence-corrected chi connectivity index (χ2v) is 10.3. The van der Waals surface area contributed by atoms with E-state index in [4.69, 9.17) is 0 Å². The van der Waals surface area contributed by atoms with Crippen LogP contribution in [-0.4, -0.2) is 43.7 Å². The van der Waals surface area contributed by atoms with Crippen molar-refractivity contribution in [2.75, 3.05) is 18.4 Å². The van der Waals surface area contributed by atoms with Crippen molar-refractivity contribution >= 4 is 27.5 Å². The SMILES string of the molecule is Cc1cc(C)c(S(=O)(=O)N2CCCC[C@H]2CCNC(=O)C(=O)Nc2cccc(F)c2)c(C)c1. The normalized spacial score (nSPS) is 16.9. The molecule has 0 aliphatic carbocycles. The van der Waals surface area contributed by atoms with Gasteiger partial charge in [0.15, 0.2) is 0 Å². The maximum Gasteiger partial charge on any atom is 0.313 e. The molecule has 0 bridgehead atoms. The van der Waals surface area contributed by atoms with Gasteiger partial charge in [0.05, 0.1) is 4.90 Å². The molecule has 2 aromatic carbocycles. The molecule has 0 unspecified atom stereocenters. The van der Waals surface area contributed by atoms with E-state index < -0.39 is 27.7 Å².